The molecule has 2 heterocycles. The minimum atomic E-state index is -0.310. The molecule has 0 saturated carbocycles. The molecule has 3 aromatic carbocycles. The summed E-state index contributed by atoms with van der Waals surface area (Å²) in [5.74, 6) is 0. The van der Waals surface area contributed by atoms with Gasteiger partial charge in [-0.05, 0) is 84.9 Å². The topological polar surface area (TPSA) is 83.3 Å². The number of nitrogens with zero attached hydrogens (tertiary/aromatic N) is 2. The van der Waals surface area contributed by atoms with Gasteiger partial charge < -0.3 is 16.4 Å². The number of nitrogens with two attached hydrogens (primary N) is 1. The van der Waals surface area contributed by atoms with Crippen LogP contribution in [-0.2, 0) is 6.54 Å². The molecule has 0 spiro atoms. The molecule has 0 aliphatic carbocycles. The Hall–Kier alpha value is -3.45. The Morgan fingerprint density at radius 1 is 0.943 bits per heavy atom. The fourth-order valence-corrected chi connectivity index (χ4v) is 4.59. The number of likely N-dealkylation sites (tertiary alicyclic amines) is 1. The number of anilines is 2. The summed E-state index contributed by atoms with van der Waals surface area (Å²) < 4.78 is 0. The van der Waals surface area contributed by atoms with E-state index < -0.39 is 0 Å². The van der Waals surface area contributed by atoms with Gasteiger partial charge in [0.25, 0.3) is 0 Å². The molecular weight excluding hydrogens is 458 g/mol. The third-order valence-electron chi connectivity index (χ3n) is 6.42. The highest BCUT2D eigenvalue weighted by Gasteiger charge is 2.16. The van der Waals surface area contributed by atoms with E-state index in [1.165, 1.54) is 10.9 Å². The average Bonchev–Trinajstić information content (AvgIpc) is 2.87. The van der Waals surface area contributed by atoms with Crippen LogP contribution in [0.15, 0.2) is 79.1 Å². The van der Waals surface area contributed by atoms with Gasteiger partial charge in [0.1, 0.15) is 0 Å². The van der Waals surface area contributed by atoms with Crippen LogP contribution in [0.25, 0.3) is 21.9 Å². The zero-order chi connectivity index (χ0) is 24.2. The summed E-state index contributed by atoms with van der Waals surface area (Å²) in [6, 6.07) is 21.4. The Bertz CT molecular complexity index is 1320. The predicted octanol–water partition coefficient (Wildman–Crippen LogP) is 6.12. The van der Waals surface area contributed by atoms with E-state index in [1.54, 1.807) is 24.3 Å². The Morgan fingerprint density at radius 3 is 2.29 bits per heavy atom. The SMILES string of the molecule is NC1CCN(Cc2ccc3cncc(-c4ccc(NC(=O)Nc5ccc(Cl)cc5)cc4)c3c2)CC1. The number of amides is 2. The Balaban J connectivity index is 1.31. The second-order valence-corrected chi connectivity index (χ2v) is 9.46. The molecule has 1 aromatic heterocycles. The van der Waals surface area contributed by atoms with E-state index in [-0.39, 0.29) is 6.03 Å². The molecule has 6 nitrogen and oxygen atoms in total. The normalized spacial score (nSPS) is 14.7. The number of halogens is 1. The highest BCUT2D eigenvalue weighted by Crippen LogP contribution is 2.30. The Morgan fingerprint density at radius 2 is 1.60 bits per heavy atom. The minimum absolute atomic E-state index is 0.310. The fourth-order valence-electron chi connectivity index (χ4n) is 4.47. The van der Waals surface area contributed by atoms with Crippen LogP contribution in [0, 0.1) is 0 Å². The molecule has 4 N–H and O–H groups in total. The highest BCUT2D eigenvalue weighted by molar-refractivity contribution is 6.30. The number of hydrogen-bond donors (Lipinski definition) is 3. The molecule has 0 atom stereocenters. The van der Waals surface area contributed by atoms with Crippen molar-refractivity contribution in [3.8, 4) is 11.1 Å². The molecule has 1 saturated heterocycles. The van der Waals surface area contributed by atoms with Crippen LogP contribution < -0.4 is 16.4 Å². The summed E-state index contributed by atoms with van der Waals surface area (Å²) in [6.45, 7) is 3.01. The molecule has 178 valence electrons. The fraction of sp³-hybridized carbons (Fsp3) is 0.214. The van der Waals surface area contributed by atoms with Gasteiger partial charge in [0.05, 0.1) is 0 Å². The average molecular weight is 486 g/mol. The summed E-state index contributed by atoms with van der Waals surface area (Å²) in [5, 5.41) is 8.57. The lowest BCUT2D eigenvalue weighted by atomic mass is 9.98. The number of benzene rings is 3. The van der Waals surface area contributed by atoms with Crippen molar-refractivity contribution in [2.45, 2.75) is 25.4 Å². The third-order valence-corrected chi connectivity index (χ3v) is 6.67. The number of carbonyl (C=O) groups excluding carboxylic acids is 1. The number of piperidine rings is 1. The van der Waals surface area contributed by atoms with E-state index in [2.05, 4.69) is 38.7 Å². The van der Waals surface area contributed by atoms with Crippen molar-refractivity contribution in [1.82, 2.24) is 9.88 Å². The second kappa shape index (κ2) is 10.4. The van der Waals surface area contributed by atoms with Crippen LogP contribution in [-0.4, -0.2) is 35.0 Å². The van der Waals surface area contributed by atoms with Gasteiger partial charge in [-0.15, -0.1) is 0 Å². The summed E-state index contributed by atoms with van der Waals surface area (Å²) >= 11 is 5.90. The first kappa shape index (κ1) is 23.3. The second-order valence-electron chi connectivity index (χ2n) is 9.02. The van der Waals surface area contributed by atoms with Crippen LogP contribution in [0.2, 0.25) is 5.02 Å². The number of urea groups is 1. The lowest BCUT2D eigenvalue weighted by Gasteiger charge is -2.30. The van der Waals surface area contributed by atoms with E-state index in [0.29, 0.717) is 22.4 Å². The molecule has 1 fully saturated rings. The van der Waals surface area contributed by atoms with Crippen molar-refractivity contribution in [3.63, 3.8) is 0 Å². The van der Waals surface area contributed by atoms with E-state index in [4.69, 9.17) is 17.3 Å². The van der Waals surface area contributed by atoms with Gasteiger partial charge in [0, 0.05) is 52.3 Å². The number of nitrogens with one attached hydrogen (secondary N) is 2. The number of rotatable bonds is 5. The first-order valence-electron chi connectivity index (χ1n) is 11.8. The molecule has 4 aromatic rings. The maximum Gasteiger partial charge on any atom is 0.323 e. The molecule has 7 heteroatoms. The lowest BCUT2D eigenvalue weighted by Crippen LogP contribution is -2.39. The van der Waals surface area contributed by atoms with Crippen molar-refractivity contribution < 1.29 is 4.79 Å². The van der Waals surface area contributed by atoms with Gasteiger partial charge in [0.2, 0.25) is 0 Å². The van der Waals surface area contributed by atoms with E-state index in [1.807, 2.05) is 36.7 Å². The van der Waals surface area contributed by atoms with Crippen LogP contribution >= 0.6 is 11.6 Å². The van der Waals surface area contributed by atoms with Crippen LogP contribution in [0.1, 0.15) is 18.4 Å². The molecule has 1 aliphatic rings. The minimum Gasteiger partial charge on any atom is -0.328 e. The van der Waals surface area contributed by atoms with Crippen LogP contribution in [0.3, 0.4) is 0 Å². The van der Waals surface area contributed by atoms with Crippen molar-refractivity contribution in [2.75, 3.05) is 23.7 Å². The monoisotopic (exact) mass is 485 g/mol. The first-order chi connectivity index (χ1) is 17.0. The molecular formula is C28H28ClN5O. The zero-order valence-electron chi connectivity index (χ0n) is 19.4. The molecule has 1 aliphatic heterocycles. The van der Waals surface area contributed by atoms with Gasteiger partial charge in [-0.2, -0.15) is 0 Å². The molecule has 0 bridgehead atoms. The summed E-state index contributed by atoms with van der Waals surface area (Å²) in [4.78, 5) is 19.3. The number of pyridine rings is 1. The third kappa shape index (κ3) is 5.80. The summed E-state index contributed by atoms with van der Waals surface area (Å²) in [5.41, 5.74) is 10.9. The number of hydrogen-bond acceptors (Lipinski definition) is 4. The van der Waals surface area contributed by atoms with E-state index >= 15 is 0 Å². The Labute approximate surface area is 210 Å². The van der Waals surface area contributed by atoms with Crippen LogP contribution in [0.4, 0.5) is 16.2 Å². The summed E-state index contributed by atoms with van der Waals surface area (Å²) in [7, 11) is 0. The summed E-state index contributed by atoms with van der Waals surface area (Å²) in [6.07, 6.45) is 5.92. The van der Waals surface area contributed by atoms with E-state index in [0.717, 1.165) is 49.0 Å². The van der Waals surface area contributed by atoms with Crippen molar-refractivity contribution in [3.05, 3.63) is 89.7 Å². The number of fused-ring (bicyclic) bond motifs is 1. The van der Waals surface area contributed by atoms with Gasteiger partial charge in [-0.25, -0.2) is 4.79 Å². The molecule has 35 heavy (non-hydrogen) atoms. The highest BCUT2D eigenvalue weighted by atomic mass is 35.5. The first-order valence-corrected chi connectivity index (χ1v) is 12.2. The van der Waals surface area contributed by atoms with Crippen LogP contribution in [0.5, 0.6) is 0 Å². The van der Waals surface area contributed by atoms with Gasteiger partial charge in [-0.1, -0.05) is 35.9 Å². The maximum absolute atomic E-state index is 12.3. The van der Waals surface area contributed by atoms with Crippen molar-refractivity contribution in [2.24, 2.45) is 5.73 Å². The van der Waals surface area contributed by atoms with E-state index in [9.17, 15) is 4.79 Å². The quantitative estimate of drug-likeness (QED) is 0.318. The zero-order valence-corrected chi connectivity index (χ0v) is 20.1. The van der Waals surface area contributed by atoms with Crippen molar-refractivity contribution >= 4 is 39.8 Å². The largest absolute Gasteiger partial charge is 0.328 e. The smallest absolute Gasteiger partial charge is 0.323 e. The Kier molecular flexibility index (Phi) is 6.95. The molecule has 2 amide bonds. The van der Waals surface area contributed by atoms with Gasteiger partial charge in [-0.3, -0.25) is 9.88 Å². The van der Waals surface area contributed by atoms with Gasteiger partial charge in [0.15, 0.2) is 0 Å². The maximum atomic E-state index is 12.3. The van der Waals surface area contributed by atoms with Gasteiger partial charge >= 0.3 is 6.03 Å². The molecule has 0 unspecified atom stereocenters. The molecule has 5 rings (SSSR count). The lowest BCUT2D eigenvalue weighted by molar-refractivity contribution is 0.206. The molecule has 0 radical (unpaired) electrons. The standard InChI is InChI=1S/C28H28ClN5O/c29-22-5-9-25(10-6-22)33-28(35)32-24-7-3-20(4-8-24)27-17-31-16-21-2-1-19(15-26(21)27)18-34-13-11-23(30)12-14-34/h1-10,15-17,23H,11-14,18,30H2,(H2,32,33,35). The van der Waals surface area contributed by atoms with Crippen molar-refractivity contribution in [1.29, 1.82) is 0 Å². The number of carbonyl (C=O) groups is 1. The number of aromatic nitrogens is 1. The predicted molar refractivity (Wildman–Crippen MR) is 144 cm³/mol.